The summed E-state index contributed by atoms with van der Waals surface area (Å²) in [5, 5.41) is 3.83. The Morgan fingerprint density at radius 3 is 2.96 bits per heavy atom. The number of aromatic nitrogens is 2. The Morgan fingerprint density at radius 1 is 1.40 bits per heavy atom. The van der Waals surface area contributed by atoms with Gasteiger partial charge in [0, 0.05) is 42.0 Å². The Morgan fingerprint density at radius 2 is 2.24 bits per heavy atom. The Kier molecular flexibility index (Phi) is 4.09. The van der Waals surface area contributed by atoms with Crippen molar-refractivity contribution in [2.24, 2.45) is 5.41 Å². The quantitative estimate of drug-likeness (QED) is 0.913. The highest BCUT2D eigenvalue weighted by Crippen LogP contribution is 2.31. The van der Waals surface area contributed by atoms with Gasteiger partial charge in [-0.15, -0.1) is 0 Å². The normalized spacial score (nSPS) is 18.2. The van der Waals surface area contributed by atoms with E-state index in [1.807, 2.05) is 36.1 Å². The van der Waals surface area contributed by atoms with Crippen LogP contribution in [-0.4, -0.2) is 40.5 Å². The van der Waals surface area contributed by atoms with Gasteiger partial charge in [0.05, 0.1) is 24.3 Å². The Hall–Kier alpha value is -2.18. The van der Waals surface area contributed by atoms with Gasteiger partial charge in [-0.25, -0.2) is 9.97 Å². The van der Waals surface area contributed by atoms with Gasteiger partial charge in [-0.3, -0.25) is 4.79 Å². The molecular formula is C18H19ClN4O2. The lowest BCUT2D eigenvalue weighted by Gasteiger charge is -2.41. The van der Waals surface area contributed by atoms with E-state index < -0.39 is 0 Å². The summed E-state index contributed by atoms with van der Waals surface area (Å²) < 4.78 is 5.21. The van der Waals surface area contributed by atoms with Gasteiger partial charge in [0.25, 0.3) is 0 Å². The molecular weight excluding hydrogens is 340 g/mol. The second-order valence-electron chi connectivity index (χ2n) is 6.83. The van der Waals surface area contributed by atoms with Gasteiger partial charge in [0.15, 0.2) is 0 Å². The summed E-state index contributed by atoms with van der Waals surface area (Å²) >= 11 is 6.00. The SMILES string of the molecule is CC1(C(=O)N2CCc3nc(Nc4cccc(Cl)c4)ncc3C2)COC1. The van der Waals surface area contributed by atoms with Crippen molar-refractivity contribution in [1.29, 1.82) is 0 Å². The minimum atomic E-state index is -0.369. The highest BCUT2D eigenvalue weighted by molar-refractivity contribution is 6.30. The topological polar surface area (TPSA) is 67.4 Å². The molecule has 1 N–H and O–H groups in total. The molecule has 0 bridgehead atoms. The largest absolute Gasteiger partial charge is 0.379 e. The van der Waals surface area contributed by atoms with Crippen molar-refractivity contribution in [3.8, 4) is 0 Å². The molecule has 0 unspecified atom stereocenters. The number of hydrogen-bond acceptors (Lipinski definition) is 5. The van der Waals surface area contributed by atoms with Crippen LogP contribution in [0.25, 0.3) is 0 Å². The number of rotatable bonds is 3. The van der Waals surface area contributed by atoms with Crippen LogP contribution in [0.2, 0.25) is 5.02 Å². The highest BCUT2D eigenvalue weighted by atomic mass is 35.5. The van der Waals surface area contributed by atoms with E-state index in [0.717, 1.165) is 23.4 Å². The number of benzene rings is 1. The Labute approximate surface area is 151 Å². The summed E-state index contributed by atoms with van der Waals surface area (Å²) in [6, 6.07) is 7.43. The van der Waals surface area contributed by atoms with E-state index in [2.05, 4.69) is 15.3 Å². The maximum atomic E-state index is 12.6. The molecule has 25 heavy (non-hydrogen) atoms. The first-order chi connectivity index (χ1) is 12.0. The number of amides is 1. The lowest BCUT2D eigenvalue weighted by Crippen LogP contribution is -2.54. The molecule has 130 valence electrons. The highest BCUT2D eigenvalue weighted by Gasteiger charge is 2.44. The van der Waals surface area contributed by atoms with E-state index in [1.165, 1.54) is 0 Å². The zero-order chi connectivity index (χ0) is 17.4. The maximum Gasteiger partial charge on any atom is 0.233 e. The van der Waals surface area contributed by atoms with Gasteiger partial charge in [-0.2, -0.15) is 0 Å². The van der Waals surface area contributed by atoms with Crippen LogP contribution < -0.4 is 5.32 Å². The fourth-order valence-corrected chi connectivity index (χ4v) is 3.35. The van der Waals surface area contributed by atoms with Gasteiger partial charge in [0.1, 0.15) is 0 Å². The molecule has 1 saturated heterocycles. The van der Waals surface area contributed by atoms with Gasteiger partial charge < -0.3 is 15.0 Å². The van der Waals surface area contributed by atoms with E-state index in [4.69, 9.17) is 16.3 Å². The summed E-state index contributed by atoms with van der Waals surface area (Å²) in [6.07, 6.45) is 2.53. The second-order valence-corrected chi connectivity index (χ2v) is 7.27. The third-order valence-corrected chi connectivity index (χ3v) is 4.89. The van der Waals surface area contributed by atoms with Crippen LogP contribution in [0.1, 0.15) is 18.2 Å². The van der Waals surface area contributed by atoms with Gasteiger partial charge in [0.2, 0.25) is 11.9 Å². The standard InChI is InChI=1S/C18H19ClN4O2/c1-18(10-25-11-18)16(24)23-6-5-15-12(9-23)8-20-17(22-15)21-14-4-2-3-13(19)7-14/h2-4,7-8H,5-6,9-11H2,1H3,(H,20,21,22). The molecule has 1 fully saturated rings. The van der Waals surface area contributed by atoms with Crippen LogP contribution >= 0.6 is 11.6 Å². The number of carbonyl (C=O) groups excluding carboxylic acids is 1. The molecule has 1 aromatic heterocycles. The lowest BCUT2D eigenvalue weighted by molar-refractivity contribution is -0.169. The molecule has 2 aliphatic heterocycles. The van der Waals surface area contributed by atoms with Gasteiger partial charge >= 0.3 is 0 Å². The first-order valence-electron chi connectivity index (χ1n) is 8.28. The van der Waals surface area contributed by atoms with Crippen LogP contribution in [0, 0.1) is 5.41 Å². The fourth-order valence-electron chi connectivity index (χ4n) is 3.16. The molecule has 7 heteroatoms. The number of nitrogens with one attached hydrogen (secondary N) is 1. The van der Waals surface area contributed by atoms with Crippen LogP contribution in [0.5, 0.6) is 0 Å². The molecule has 1 aromatic carbocycles. The van der Waals surface area contributed by atoms with Crippen LogP contribution in [0.3, 0.4) is 0 Å². The predicted molar refractivity (Wildman–Crippen MR) is 94.8 cm³/mol. The average Bonchev–Trinajstić information content (AvgIpc) is 2.58. The molecule has 0 spiro atoms. The first kappa shape index (κ1) is 16.3. The Bertz CT molecular complexity index is 822. The van der Waals surface area contributed by atoms with Gasteiger partial charge in [-0.1, -0.05) is 17.7 Å². The summed E-state index contributed by atoms with van der Waals surface area (Å²) in [7, 11) is 0. The molecule has 0 radical (unpaired) electrons. The van der Waals surface area contributed by atoms with Crippen LogP contribution in [0.15, 0.2) is 30.5 Å². The minimum absolute atomic E-state index is 0.158. The van der Waals surface area contributed by atoms with E-state index in [9.17, 15) is 4.79 Å². The van der Waals surface area contributed by atoms with Crippen molar-refractivity contribution >= 4 is 29.1 Å². The lowest BCUT2D eigenvalue weighted by atomic mass is 9.86. The van der Waals surface area contributed by atoms with Crippen molar-refractivity contribution in [3.63, 3.8) is 0 Å². The zero-order valence-electron chi connectivity index (χ0n) is 14.0. The molecule has 0 aliphatic carbocycles. The average molecular weight is 359 g/mol. The molecule has 2 aromatic rings. The molecule has 4 rings (SSSR count). The number of anilines is 2. The smallest absolute Gasteiger partial charge is 0.233 e. The number of ether oxygens (including phenoxy) is 1. The van der Waals surface area contributed by atoms with Crippen molar-refractivity contribution < 1.29 is 9.53 Å². The zero-order valence-corrected chi connectivity index (χ0v) is 14.7. The third kappa shape index (κ3) is 3.19. The van der Waals surface area contributed by atoms with Gasteiger partial charge in [-0.05, 0) is 25.1 Å². The Balaban J connectivity index is 1.48. The molecule has 6 nitrogen and oxygen atoms in total. The molecule has 1 amide bonds. The maximum absolute atomic E-state index is 12.6. The number of fused-ring (bicyclic) bond motifs is 1. The fraction of sp³-hybridized carbons (Fsp3) is 0.389. The van der Waals surface area contributed by atoms with Crippen molar-refractivity contribution in [3.05, 3.63) is 46.7 Å². The van der Waals surface area contributed by atoms with E-state index in [0.29, 0.717) is 37.3 Å². The summed E-state index contributed by atoms with van der Waals surface area (Å²) in [5.41, 5.74) is 2.46. The van der Waals surface area contributed by atoms with Crippen LogP contribution in [-0.2, 0) is 22.5 Å². The van der Waals surface area contributed by atoms with Crippen molar-refractivity contribution in [2.45, 2.75) is 19.9 Å². The first-order valence-corrected chi connectivity index (χ1v) is 8.66. The monoisotopic (exact) mass is 358 g/mol. The summed E-state index contributed by atoms with van der Waals surface area (Å²) in [5.74, 6) is 0.700. The number of carbonyl (C=O) groups is 1. The van der Waals surface area contributed by atoms with Crippen molar-refractivity contribution in [2.75, 3.05) is 25.1 Å². The predicted octanol–water partition coefficient (Wildman–Crippen LogP) is 2.79. The minimum Gasteiger partial charge on any atom is -0.379 e. The summed E-state index contributed by atoms with van der Waals surface area (Å²) in [6.45, 7) is 4.21. The summed E-state index contributed by atoms with van der Waals surface area (Å²) in [4.78, 5) is 23.5. The molecule has 2 aliphatic rings. The third-order valence-electron chi connectivity index (χ3n) is 4.66. The second kappa shape index (κ2) is 6.28. The number of halogens is 1. The van der Waals surface area contributed by atoms with E-state index >= 15 is 0 Å². The van der Waals surface area contributed by atoms with E-state index in [-0.39, 0.29) is 11.3 Å². The molecule has 3 heterocycles. The number of hydrogen-bond donors (Lipinski definition) is 1. The number of nitrogens with zero attached hydrogens (tertiary/aromatic N) is 3. The van der Waals surface area contributed by atoms with E-state index in [1.54, 1.807) is 6.20 Å². The van der Waals surface area contributed by atoms with Crippen molar-refractivity contribution in [1.82, 2.24) is 14.9 Å². The molecule has 0 saturated carbocycles. The van der Waals surface area contributed by atoms with Crippen LogP contribution in [0.4, 0.5) is 11.6 Å². The molecule has 0 atom stereocenters.